The Morgan fingerprint density at radius 2 is 1.86 bits per heavy atom. The van der Waals surface area contributed by atoms with E-state index in [2.05, 4.69) is 23.2 Å². The third-order valence-corrected chi connectivity index (χ3v) is 5.33. The number of hydrogen-bond acceptors (Lipinski definition) is 3. The molecule has 1 aromatic carbocycles. The van der Waals surface area contributed by atoms with Crippen LogP contribution in [0.1, 0.15) is 41.4 Å². The average Bonchev–Trinajstić information content (AvgIpc) is 2.56. The van der Waals surface area contributed by atoms with Crippen molar-refractivity contribution in [2.45, 2.75) is 37.2 Å². The summed E-state index contributed by atoms with van der Waals surface area (Å²) in [5, 5.41) is 10.9. The van der Waals surface area contributed by atoms with E-state index in [1.165, 1.54) is 11.1 Å². The molecule has 112 valence electrons. The van der Waals surface area contributed by atoms with Crippen molar-refractivity contribution in [1.82, 2.24) is 4.98 Å². The van der Waals surface area contributed by atoms with Crippen LogP contribution in [0.4, 0.5) is 0 Å². The SMILES string of the molecule is O=C1CC2c3ccccc3CCC2C(O)C1c1ccncc1. The standard InChI is InChI=1S/C19H19NO2/c21-17-11-16-14-4-2-1-3-12(14)5-6-15(16)19(22)18(17)13-7-9-20-10-8-13/h1-4,7-10,15-16,18-19,22H,5-6,11H2. The first kappa shape index (κ1) is 13.6. The number of pyridine rings is 1. The Morgan fingerprint density at radius 1 is 1.09 bits per heavy atom. The van der Waals surface area contributed by atoms with Gasteiger partial charge in [0.05, 0.1) is 12.0 Å². The van der Waals surface area contributed by atoms with Crippen LogP contribution < -0.4 is 0 Å². The Kier molecular flexibility index (Phi) is 3.30. The number of aliphatic hydroxyl groups is 1. The van der Waals surface area contributed by atoms with E-state index < -0.39 is 12.0 Å². The number of Topliss-reactive ketones (excluding diaryl/α,β-unsaturated/α-hetero) is 1. The second-order valence-corrected chi connectivity index (χ2v) is 6.43. The summed E-state index contributed by atoms with van der Waals surface area (Å²) in [4.78, 5) is 16.7. The van der Waals surface area contributed by atoms with E-state index in [1.54, 1.807) is 12.4 Å². The van der Waals surface area contributed by atoms with Crippen molar-refractivity contribution in [2.24, 2.45) is 5.92 Å². The van der Waals surface area contributed by atoms with E-state index in [-0.39, 0.29) is 17.6 Å². The number of rotatable bonds is 1. The number of hydrogen-bond donors (Lipinski definition) is 1. The molecule has 1 aromatic heterocycles. The van der Waals surface area contributed by atoms with Crippen LogP contribution in [0, 0.1) is 5.92 Å². The van der Waals surface area contributed by atoms with Crippen LogP contribution in [0.3, 0.4) is 0 Å². The first-order chi connectivity index (χ1) is 10.8. The first-order valence-corrected chi connectivity index (χ1v) is 7.94. The van der Waals surface area contributed by atoms with Gasteiger partial charge in [-0.1, -0.05) is 24.3 Å². The summed E-state index contributed by atoms with van der Waals surface area (Å²) in [5.41, 5.74) is 3.50. The number of benzene rings is 1. The van der Waals surface area contributed by atoms with E-state index in [0.717, 1.165) is 18.4 Å². The Labute approximate surface area is 130 Å². The third-order valence-electron chi connectivity index (χ3n) is 5.33. The zero-order chi connectivity index (χ0) is 15.1. The molecule has 1 heterocycles. The summed E-state index contributed by atoms with van der Waals surface area (Å²) < 4.78 is 0. The van der Waals surface area contributed by atoms with Crippen LogP contribution in [0.5, 0.6) is 0 Å². The van der Waals surface area contributed by atoms with Gasteiger partial charge in [0.25, 0.3) is 0 Å². The van der Waals surface area contributed by atoms with Crippen molar-refractivity contribution in [3.63, 3.8) is 0 Å². The monoisotopic (exact) mass is 293 g/mol. The molecular formula is C19H19NO2. The lowest BCUT2D eigenvalue weighted by Crippen LogP contribution is -2.44. The van der Waals surface area contributed by atoms with Crippen molar-refractivity contribution in [3.05, 3.63) is 65.5 Å². The van der Waals surface area contributed by atoms with Crippen molar-refractivity contribution >= 4 is 5.78 Å². The number of carbonyl (C=O) groups is 1. The molecular weight excluding hydrogens is 274 g/mol. The lowest BCUT2D eigenvalue weighted by Gasteiger charge is -2.43. The van der Waals surface area contributed by atoms with Gasteiger partial charge in [-0.2, -0.15) is 0 Å². The maximum atomic E-state index is 12.7. The highest BCUT2D eigenvalue weighted by Crippen LogP contribution is 2.48. The largest absolute Gasteiger partial charge is 0.392 e. The smallest absolute Gasteiger partial charge is 0.143 e. The first-order valence-electron chi connectivity index (χ1n) is 7.94. The second kappa shape index (κ2) is 5.33. The van der Waals surface area contributed by atoms with Crippen LogP contribution >= 0.6 is 0 Å². The molecule has 0 radical (unpaired) electrons. The number of carbonyl (C=O) groups excluding carboxylic acids is 1. The van der Waals surface area contributed by atoms with Gasteiger partial charge in [0, 0.05) is 18.8 Å². The number of aliphatic hydroxyl groups excluding tert-OH is 1. The van der Waals surface area contributed by atoms with Crippen LogP contribution in [0.15, 0.2) is 48.8 Å². The topological polar surface area (TPSA) is 50.2 Å². The molecule has 1 N–H and O–H groups in total. The molecule has 4 atom stereocenters. The zero-order valence-corrected chi connectivity index (χ0v) is 12.4. The van der Waals surface area contributed by atoms with Gasteiger partial charge in [-0.15, -0.1) is 0 Å². The Hall–Kier alpha value is -2.00. The quantitative estimate of drug-likeness (QED) is 0.879. The van der Waals surface area contributed by atoms with Gasteiger partial charge in [-0.3, -0.25) is 9.78 Å². The molecule has 3 heteroatoms. The summed E-state index contributed by atoms with van der Waals surface area (Å²) in [6.45, 7) is 0. The maximum Gasteiger partial charge on any atom is 0.143 e. The molecule has 22 heavy (non-hydrogen) atoms. The number of fused-ring (bicyclic) bond motifs is 3. The summed E-state index contributed by atoms with van der Waals surface area (Å²) in [6.07, 6.45) is 5.27. The summed E-state index contributed by atoms with van der Waals surface area (Å²) in [5.74, 6) is 0.0995. The molecule has 0 spiro atoms. The fourth-order valence-corrected chi connectivity index (χ4v) is 4.28. The Morgan fingerprint density at radius 3 is 2.68 bits per heavy atom. The molecule has 1 saturated carbocycles. The zero-order valence-electron chi connectivity index (χ0n) is 12.4. The molecule has 4 rings (SSSR count). The normalized spacial score (nSPS) is 30.5. The van der Waals surface area contributed by atoms with Crippen LogP contribution in [0.25, 0.3) is 0 Å². The van der Waals surface area contributed by atoms with E-state index >= 15 is 0 Å². The number of aryl methyl sites for hydroxylation is 1. The van der Waals surface area contributed by atoms with Crippen molar-refractivity contribution < 1.29 is 9.90 Å². The van der Waals surface area contributed by atoms with Gasteiger partial charge in [-0.25, -0.2) is 0 Å². The van der Waals surface area contributed by atoms with Gasteiger partial charge in [0.15, 0.2) is 0 Å². The molecule has 3 nitrogen and oxygen atoms in total. The third kappa shape index (κ3) is 2.08. The lowest BCUT2D eigenvalue weighted by molar-refractivity contribution is -0.129. The number of aromatic nitrogens is 1. The summed E-state index contributed by atoms with van der Waals surface area (Å²) in [7, 11) is 0. The van der Waals surface area contributed by atoms with Crippen LogP contribution in [-0.2, 0) is 11.2 Å². The highest BCUT2D eigenvalue weighted by Gasteiger charge is 2.46. The van der Waals surface area contributed by atoms with E-state index in [4.69, 9.17) is 0 Å². The van der Waals surface area contributed by atoms with E-state index in [9.17, 15) is 9.90 Å². The Balaban J connectivity index is 1.71. The molecule has 2 aliphatic rings. The highest BCUT2D eigenvalue weighted by molar-refractivity contribution is 5.88. The van der Waals surface area contributed by atoms with Crippen molar-refractivity contribution in [3.8, 4) is 0 Å². The molecule has 4 unspecified atom stereocenters. The molecule has 0 bridgehead atoms. The molecule has 1 fully saturated rings. The average molecular weight is 293 g/mol. The molecule has 2 aromatic rings. The minimum atomic E-state index is -0.595. The minimum absolute atomic E-state index is 0.150. The molecule has 0 amide bonds. The van der Waals surface area contributed by atoms with Crippen LogP contribution in [-0.4, -0.2) is 22.0 Å². The minimum Gasteiger partial charge on any atom is -0.392 e. The van der Waals surface area contributed by atoms with E-state index in [0.29, 0.717) is 6.42 Å². The fourth-order valence-electron chi connectivity index (χ4n) is 4.28. The summed E-state index contributed by atoms with van der Waals surface area (Å²) in [6, 6.07) is 12.1. The summed E-state index contributed by atoms with van der Waals surface area (Å²) >= 11 is 0. The van der Waals surface area contributed by atoms with Gasteiger partial charge in [0.2, 0.25) is 0 Å². The molecule has 0 aliphatic heterocycles. The van der Waals surface area contributed by atoms with Crippen LogP contribution in [0.2, 0.25) is 0 Å². The predicted molar refractivity (Wildman–Crippen MR) is 83.6 cm³/mol. The molecule has 2 aliphatic carbocycles. The van der Waals surface area contributed by atoms with Gasteiger partial charge in [-0.05, 0) is 53.5 Å². The van der Waals surface area contributed by atoms with Gasteiger partial charge < -0.3 is 5.11 Å². The van der Waals surface area contributed by atoms with Crippen molar-refractivity contribution in [1.29, 1.82) is 0 Å². The fraction of sp³-hybridized carbons (Fsp3) is 0.368. The highest BCUT2D eigenvalue weighted by atomic mass is 16.3. The molecule has 0 saturated heterocycles. The number of ketones is 1. The van der Waals surface area contributed by atoms with Gasteiger partial charge in [0.1, 0.15) is 5.78 Å². The number of nitrogens with zero attached hydrogens (tertiary/aromatic N) is 1. The lowest BCUT2D eigenvalue weighted by atomic mass is 9.62. The maximum absolute atomic E-state index is 12.7. The van der Waals surface area contributed by atoms with Gasteiger partial charge >= 0.3 is 0 Å². The predicted octanol–water partition coefficient (Wildman–Crippen LogP) is 2.85. The van der Waals surface area contributed by atoms with E-state index in [1.807, 2.05) is 18.2 Å². The van der Waals surface area contributed by atoms with Crippen molar-refractivity contribution in [2.75, 3.05) is 0 Å². The second-order valence-electron chi connectivity index (χ2n) is 6.43. The Bertz CT molecular complexity index is 698.